The molecule has 2 amide bonds. The number of thiazole rings is 1. The highest BCUT2D eigenvalue weighted by atomic mass is 32.1. The molecule has 0 unspecified atom stereocenters. The summed E-state index contributed by atoms with van der Waals surface area (Å²) in [5.41, 5.74) is 1.08. The number of nitrogens with zero attached hydrogens (tertiary/aromatic N) is 4. The number of fused-ring (bicyclic) bond motifs is 4. The Morgan fingerprint density at radius 2 is 2.17 bits per heavy atom. The first-order chi connectivity index (χ1) is 10.9. The quantitative estimate of drug-likeness (QED) is 0.822. The molecule has 126 valence electrons. The van der Waals surface area contributed by atoms with Gasteiger partial charge in [-0.3, -0.25) is 14.5 Å². The Balaban J connectivity index is 1.71. The molecule has 4 heterocycles. The van der Waals surface area contributed by atoms with Crippen molar-refractivity contribution < 1.29 is 9.59 Å². The zero-order chi connectivity index (χ0) is 16.6. The summed E-state index contributed by atoms with van der Waals surface area (Å²) in [6.45, 7) is 4.62. The van der Waals surface area contributed by atoms with Gasteiger partial charge < -0.3 is 9.80 Å². The fraction of sp³-hybridized carbons (Fsp3) is 0.688. The fourth-order valence-corrected chi connectivity index (χ4v) is 4.07. The van der Waals surface area contributed by atoms with Crippen molar-refractivity contribution in [3.05, 3.63) is 16.1 Å². The largest absolute Gasteiger partial charge is 0.347 e. The second kappa shape index (κ2) is 6.57. The van der Waals surface area contributed by atoms with E-state index in [2.05, 4.69) is 15.3 Å². The molecule has 0 saturated carbocycles. The maximum absolute atomic E-state index is 12.7. The number of carbonyl (C=O) groups excluding carboxylic acids is 2. The number of amides is 2. The summed E-state index contributed by atoms with van der Waals surface area (Å²) in [6, 6.07) is 0.143. The van der Waals surface area contributed by atoms with Crippen LogP contribution in [0.5, 0.6) is 0 Å². The van der Waals surface area contributed by atoms with Crippen molar-refractivity contribution >= 4 is 23.2 Å². The fourth-order valence-electron chi connectivity index (χ4n) is 3.46. The van der Waals surface area contributed by atoms with Crippen LogP contribution in [0.3, 0.4) is 0 Å². The van der Waals surface area contributed by atoms with E-state index < -0.39 is 0 Å². The summed E-state index contributed by atoms with van der Waals surface area (Å²) in [7, 11) is 3.47. The van der Waals surface area contributed by atoms with Crippen LogP contribution in [0.15, 0.2) is 5.38 Å². The molecule has 0 radical (unpaired) electrons. The average Bonchev–Trinajstić information content (AvgIpc) is 2.73. The second-order valence-corrected chi connectivity index (χ2v) is 7.80. The van der Waals surface area contributed by atoms with Gasteiger partial charge in [-0.1, -0.05) is 0 Å². The number of piperidine rings is 1. The number of hydrogen-bond acceptors (Lipinski definition) is 5. The molecule has 1 aromatic heterocycles. The molecule has 0 aliphatic carbocycles. The van der Waals surface area contributed by atoms with Gasteiger partial charge in [-0.2, -0.15) is 0 Å². The summed E-state index contributed by atoms with van der Waals surface area (Å²) in [4.78, 5) is 34.9. The summed E-state index contributed by atoms with van der Waals surface area (Å²) in [5.74, 6) is 0.157. The third-order valence-corrected chi connectivity index (χ3v) is 5.55. The molecule has 0 spiro atoms. The number of aromatic nitrogens is 1. The SMILES string of the molecule is Cc1nc(CN2C[C@H]3CC[C@@H](C2)N(CC(=O)N(C)C)C3=O)cs1. The van der Waals surface area contributed by atoms with Gasteiger partial charge in [0.2, 0.25) is 11.8 Å². The minimum absolute atomic E-state index is 0.00687. The Hall–Kier alpha value is -1.47. The molecule has 3 fully saturated rings. The highest BCUT2D eigenvalue weighted by molar-refractivity contribution is 7.09. The van der Waals surface area contributed by atoms with E-state index in [0.717, 1.165) is 43.2 Å². The lowest BCUT2D eigenvalue weighted by Gasteiger charge is -2.36. The minimum Gasteiger partial charge on any atom is -0.347 e. The Morgan fingerprint density at radius 3 is 2.83 bits per heavy atom. The van der Waals surface area contributed by atoms with E-state index in [4.69, 9.17) is 0 Å². The van der Waals surface area contributed by atoms with Gasteiger partial charge in [0, 0.05) is 45.2 Å². The van der Waals surface area contributed by atoms with E-state index in [9.17, 15) is 9.59 Å². The number of aryl methyl sites for hydroxylation is 1. The Kier molecular flexibility index (Phi) is 4.68. The normalized spacial score (nSPS) is 24.8. The molecular formula is C16H24N4O2S. The summed E-state index contributed by atoms with van der Waals surface area (Å²) < 4.78 is 0. The lowest BCUT2D eigenvalue weighted by molar-refractivity contribution is -0.145. The van der Waals surface area contributed by atoms with Crippen molar-refractivity contribution in [2.45, 2.75) is 32.4 Å². The van der Waals surface area contributed by atoms with Crippen molar-refractivity contribution in [3.63, 3.8) is 0 Å². The highest BCUT2D eigenvalue weighted by Crippen LogP contribution is 2.30. The van der Waals surface area contributed by atoms with Crippen molar-refractivity contribution in [1.82, 2.24) is 19.7 Å². The zero-order valence-corrected chi connectivity index (χ0v) is 14.8. The van der Waals surface area contributed by atoms with Crippen molar-refractivity contribution in [2.75, 3.05) is 33.7 Å². The molecule has 3 aliphatic rings. The summed E-state index contributed by atoms with van der Waals surface area (Å²) in [5, 5.41) is 3.17. The zero-order valence-electron chi connectivity index (χ0n) is 14.0. The number of hydrogen-bond donors (Lipinski definition) is 0. The molecule has 3 saturated heterocycles. The number of rotatable bonds is 4. The minimum atomic E-state index is -0.00687. The van der Waals surface area contributed by atoms with Crippen LogP contribution in [0.4, 0.5) is 0 Å². The standard InChI is InChI=1S/C16H24N4O2S/c1-11-17-13(10-23-11)7-19-6-12-4-5-14(8-19)20(16(12)22)9-15(21)18(2)3/h10,12,14H,4-9H2,1-3H3/t12-,14+/m1/s1. The Bertz CT molecular complexity index is 601. The number of likely N-dealkylation sites (N-methyl/N-ethyl adjacent to an activating group) is 1. The van der Waals surface area contributed by atoms with Crippen LogP contribution in [-0.4, -0.2) is 71.3 Å². The van der Waals surface area contributed by atoms with Crippen molar-refractivity contribution in [1.29, 1.82) is 0 Å². The first-order valence-corrected chi connectivity index (χ1v) is 8.96. The van der Waals surface area contributed by atoms with Crippen LogP contribution in [-0.2, 0) is 16.1 Å². The van der Waals surface area contributed by atoms with E-state index >= 15 is 0 Å². The van der Waals surface area contributed by atoms with Gasteiger partial charge >= 0.3 is 0 Å². The van der Waals surface area contributed by atoms with Crippen molar-refractivity contribution in [2.24, 2.45) is 5.92 Å². The third kappa shape index (κ3) is 3.55. The molecule has 23 heavy (non-hydrogen) atoms. The maximum atomic E-state index is 12.7. The van der Waals surface area contributed by atoms with E-state index in [-0.39, 0.29) is 30.3 Å². The van der Waals surface area contributed by atoms with E-state index in [1.54, 1.807) is 30.3 Å². The van der Waals surface area contributed by atoms with Crippen LogP contribution in [0, 0.1) is 12.8 Å². The predicted molar refractivity (Wildman–Crippen MR) is 89.0 cm³/mol. The lowest BCUT2D eigenvalue weighted by atomic mass is 9.94. The smallest absolute Gasteiger partial charge is 0.241 e. The molecule has 1 aromatic rings. The van der Waals surface area contributed by atoms with Crippen LogP contribution in [0.2, 0.25) is 0 Å². The van der Waals surface area contributed by atoms with Crippen LogP contribution >= 0.6 is 11.3 Å². The van der Waals surface area contributed by atoms with Gasteiger partial charge in [0.1, 0.15) is 6.54 Å². The van der Waals surface area contributed by atoms with Gasteiger partial charge in [0.15, 0.2) is 0 Å². The molecule has 3 aliphatic heterocycles. The van der Waals surface area contributed by atoms with Crippen molar-refractivity contribution in [3.8, 4) is 0 Å². The highest BCUT2D eigenvalue weighted by Gasteiger charge is 2.41. The summed E-state index contributed by atoms with van der Waals surface area (Å²) >= 11 is 1.66. The van der Waals surface area contributed by atoms with Crippen LogP contribution < -0.4 is 0 Å². The molecule has 0 aromatic carbocycles. The van der Waals surface area contributed by atoms with Crippen LogP contribution in [0.1, 0.15) is 23.5 Å². The van der Waals surface area contributed by atoms with Gasteiger partial charge in [-0.25, -0.2) is 4.98 Å². The topological polar surface area (TPSA) is 56.8 Å². The molecule has 2 bridgehead atoms. The van der Waals surface area contributed by atoms with E-state index in [0.29, 0.717) is 0 Å². The molecule has 2 atom stereocenters. The van der Waals surface area contributed by atoms with Crippen LogP contribution in [0.25, 0.3) is 0 Å². The monoisotopic (exact) mass is 336 g/mol. The first-order valence-electron chi connectivity index (χ1n) is 8.08. The van der Waals surface area contributed by atoms with E-state index in [1.807, 2.05) is 11.8 Å². The molecule has 4 rings (SSSR count). The predicted octanol–water partition coefficient (Wildman–Crippen LogP) is 0.963. The molecular weight excluding hydrogens is 312 g/mol. The van der Waals surface area contributed by atoms with E-state index in [1.165, 1.54) is 0 Å². The Labute approximate surface area is 141 Å². The van der Waals surface area contributed by atoms with Gasteiger partial charge in [-0.15, -0.1) is 11.3 Å². The van der Waals surface area contributed by atoms with Gasteiger partial charge in [0.25, 0.3) is 0 Å². The molecule has 0 N–H and O–H groups in total. The lowest BCUT2D eigenvalue weighted by Crippen LogP contribution is -2.51. The number of carbonyl (C=O) groups is 2. The maximum Gasteiger partial charge on any atom is 0.241 e. The molecule has 6 nitrogen and oxygen atoms in total. The molecule has 7 heteroatoms. The Morgan fingerprint density at radius 1 is 1.39 bits per heavy atom. The third-order valence-electron chi connectivity index (χ3n) is 4.73. The van der Waals surface area contributed by atoms with Gasteiger partial charge in [-0.05, 0) is 19.8 Å². The first kappa shape index (κ1) is 16.4. The van der Waals surface area contributed by atoms with Gasteiger partial charge in [0.05, 0.1) is 16.6 Å². The average molecular weight is 336 g/mol. The summed E-state index contributed by atoms with van der Waals surface area (Å²) in [6.07, 6.45) is 1.92. The second-order valence-electron chi connectivity index (χ2n) is 6.73.